The molecule has 4 nitrogen and oxygen atoms in total. The number of thiocarbonyl (C=S) groups is 1. The molecule has 1 amide bonds. The van der Waals surface area contributed by atoms with Crippen molar-refractivity contribution in [1.29, 1.82) is 0 Å². The number of rotatable bonds is 3. The minimum atomic E-state index is -0.580. The van der Waals surface area contributed by atoms with Crippen molar-refractivity contribution in [3.63, 3.8) is 0 Å². The molecule has 0 bridgehead atoms. The van der Waals surface area contributed by atoms with E-state index in [0.717, 1.165) is 0 Å². The van der Waals surface area contributed by atoms with Crippen LogP contribution < -0.4 is 16.0 Å². The van der Waals surface area contributed by atoms with Crippen molar-refractivity contribution in [3.05, 3.63) is 74.4 Å². The van der Waals surface area contributed by atoms with Crippen molar-refractivity contribution in [2.24, 2.45) is 0 Å². The second-order valence-electron chi connectivity index (χ2n) is 5.67. The first-order valence-corrected chi connectivity index (χ1v) is 9.20. The van der Waals surface area contributed by atoms with Gasteiger partial charge in [0, 0.05) is 32.0 Å². The van der Waals surface area contributed by atoms with Crippen molar-refractivity contribution in [3.8, 4) is 0 Å². The number of allylic oxidation sites excluding steroid dienone is 1. The van der Waals surface area contributed by atoms with Gasteiger partial charge >= 0.3 is 0 Å². The fraction of sp³-hybridized carbons (Fsp3) is 0.111. The molecule has 8 heteroatoms. The number of nitrogens with one attached hydrogen (secondary N) is 3. The minimum absolute atomic E-state index is 0.312. The lowest BCUT2D eigenvalue weighted by atomic mass is 9.94. The van der Waals surface area contributed by atoms with Gasteiger partial charge in [0.2, 0.25) is 0 Å². The summed E-state index contributed by atoms with van der Waals surface area (Å²) in [5.74, 6) is -0.312. The number of anilines is 1. The summed E-state index contributed by atoms with van der Waals surface area (Å²) in [7, 11) is 0. The van der Waals surface area contributed by atoms with E-state index < -0.39 is 6.04 Å². The molecule has 0 spiro atoms. The summed E-state index contributed by atoms with van der Waals surface area (Å²) >= 11 is 23.9. The Bertz CT molecular complexity index is 909. The highest BCUT2D eigenvalue weighted by Gasteiger charge is 2.32. The molecule has 0 saturated heterocycles. The number of benzene rings is 2. The molecule has 0 fully saturated rings. The maximum atomic E-state index is 13.0. The Morgan fingerprint density at radius 3 is 2.42 bits per heavy atom. The summed E-state index contributed by atoms with van der Waals surface area (Å²) in [4.78, 5) is 13.0. The number of halogens is 3. The first kappa shape index (κ1) is 19.0. The normalized spacial score (nSPS) is 16.8. The average molecular weight is 427 g/mol. The summed E-state index contributed by atoms with van der Waals surface area (Å²) in [6.45, 7) is 1.78. The van der Waals surface area contributed by atoms with E-state index in [1.165, 1.54) is 0 Å². The Morgan fingerprint density at radius 1 is 1.12 bits per heavy atom. The molecule has 0 unspecified atom stereocenters. The van der Waals surface area contributed by atoms with Crippen LogP contribution >= 0.6 is 47.0 Å². The van der Waals surface area contributed by atoms with Crippen molar-refractivity contribution in [2.75, 3.05) is 5.32 Å². The van der Waals surface area contributed by atoms with Crippen LogP contribution in [0.15, 0.2) is 53.7 Å². The Morgan fingerprint density at radius 2 is 1.77 bits per heavy atom. The maximum absolute atomic E-state index is 13.0. The Labute approximate surface area is 171 Å². The Kier molecular flexibility index (Phi) is 5.73. The SMILES string of the molecule is CC1=C(C(=O)Nc2cccc(Cl)c2)[C@H](c2c(Cl)cccc2Cl)NC(=S)N1. The van der Waals surface area contributed by atoms with Crippen molar-refractivity contribution in [2.45, 2.75) is 13.0 Å². The van der Waals surface area contributed by atoms with Crippen LogP contribution in [0.3, 0.4) is 0 Å². The van der Waals surface area contributed by atoms with Gasteiger partial charge in [0.25, 0.3) is 5.91 Å². The molecule has 1 atom stereocenters. The molecule has 1 heterocycles. The van der Waals surface area contributed by atoms with E-state index in [9.17, 15) is 4.79 Å². The number of carbonyl (C=O) groups is 1. The lowest BCUT2D eigenvalue weighted by molar-refractivity contribution is -0.113. The van der Waals surface area contributed by atoms with E-state index in [-0.39, 0.29) is 5.91 Å². The fourth-order valence-corrected chi connectivity index (χ4v) is 3.84. The van der Waals surface area contributed by atoms with Gasteiger partial charge in [0.1, 0.15) is 0 Å². The van der Waals surface area contributed by atoms with Gasteiger partial charge in [-0.2, -0.15) is 0 Å². The third-order valence-electron chi connectivity index (χ3n) is 3.88. The van der Waals surface area contributed by atoms with Gasteiger partial charge in [-0.15, -0.1) is 0 Å². The maximum Gasteiger partial charge on any atom is 0.255 e. The molecule has 0 aliphatic carbocycles. The Hall–Kier alpha value is -1.79. The second kappa shape index (κ2) is 7.84. The topological polar surface area (TPSA) is 53.2 Å². The first-order valence-electron chi connectivity index (χ1n) is 7.66. The molecule has 0 radical (unpaired) electrons. The monoisotopic (exact) mass is 425 g/mol. The van der Waals surface area contributed by atoms with Crippen LogP contribution in [-0.4, -0.2) is 11.0 Å². The quantitative estimate of drug-likeness (QED) is 0.599. The zero-order valence-corrected chi connectivity index (χ0v) is 16.7. The summed E-state index contributed by atoms with van der Waals surface area (Å²) in [5.41, 5.74) is 2.23. The van der Waals surface area contributed by atoms with Crippen LogP contribution in [0.2, 0.25) is 15.1 Å². The smallest absolute Gasteiger partial charge is 0.255 e. The van der Waals surface area contributed by atoms with E-state index >= 15 is 0 Å². The number of amides is 1. The molecular weight excluding hydrogens is 413 g/mol. The van der Waals surface area contributed by atoms with Gasteiger partial charge in [0.15, 0.2) is 5.11 Å². The molecule has 3 rings (SSSR count). The molecule has 26 heavy (non-hydrogen) atoms. The molecule has 134 valence electrons. The van der Waals surface area contributed by atoms with Crippen molar-refractivity contribution < 1.29 is 4.79 Å². The number of hydrogen-bond acceptors (Lipinski definition) is 2. The fourth-order valence-electron chi connectivity index (χ4n) is 2.76. The predicted octanol–water partition coefficient (Wildman–Crippen LogP) is 5.08. The van der Waals surface area contributed by atoms with Crippen LogP contribution in [0.1, 0.15) is 18.5 Å². The summed E-state index contributed by atoms with van der Waals surface area (Å²) in [5, 5.41) is 10.7. The molecule has 1 aliphatic heterocycles. The second-order valence-corrected chi connectivity index (χ2v) is 7.33. The number of carbonyl (C=O) groups excluding carboxylic acids is 1. The molecule has 2 aromatic rings. The predicted molar refractivity (Wildman–Crippen MR) is 111 cm³/mol. The van der Waals surface area contributed by atoms with E-state index in [1.807, 2.05) is 0 Å². The van der Waals surface area contributed by atoms with Crippen molar-refractivity contribution >= 4 is 63.7 Å². The largest absolute Gasteiger partial charge is 0.351 e. The van der Waals surface area contributed by atoms with Gasteiger partial charge in [-0.05, 0) is 49.5 Å². The molecule has 3 N–H and O–H groups in total. The zero-order chi connectivity index (χ0) is 18.8. The van der Waals surface area contributed by atoms with E-state index in [1.54, 1.807) is 49.4 Å². The highest BCUT2D eigenvalue weighted by atomic mass is 35.5. The molecule has 1 aliphatic rings. The van der Waals surface area contributed by atoms with Crippen LogP contribution in [-0.2, 0) is 4.79 Å². The van der Waals surface area contributed by atoms with E-state index in [4.69, 9.17) is 47.0 Å². The van der Waals surface area contributed by atoms with Crippen LogP contribution in [0.5, 0.6) is 0 Å². The van der Waals surface area contributed by atoms with Crippen LogP contribution in [0, 0.1) is 0 Å². The summed E-state index contributed by atoms with van der Waals surface area (Å²) in [6, 6.07) is 11.5. The Balaban J connectivity index is 2.02. The highest BCUT2D eigenvalue weighted by molar-refractivity contribution is 7.80. The van der Waals surface area contributed by atoms with Gasteiger partial charge in [-0.25, -0.2) is 0 Å². The van der Waals surface area contributed by atoms with E-state index in [0.29, 0.717) is 42.7 Å². The molecule has 0 aromatic heterocycles. The van der Waals surface area contributed by atoms with Gasteiger partial charge in [0.05, 0.1) is 11.6 Å². The third kappa shape index (κ3) is 3.96. The van der Waals surface area contributed by atoms with Gasteiger partial charge < -0.3 is 16.0 Å². The third-order valence-corrected chi connectivity index (χ3v) is 5.00. The average Bonchev–Trinajstić information content (AvgIpc) is 2.54. The van der Waals surface area contributed by atoms with E-state index in [2.05, 4.69) is 16.0 Å². The summed E-state index contributed by atoms with van der Waals surface area (Å²) < 4.78 is 0. The first-order chi connectivity index (χ1) is 12.4. The van der Waals surface area contributed by atoms with Gasteiger partial charge in [-0.1, -0.05) is 46.9 Å². The zero-order valence-electron chi connectivity index (χ0n) is 13.6. The lowest BCUT2D eigenvalue weighted by Gasteiger charge is -2.31. The molecule has 0 saturated carbocycles. The summed E-state index contributed by atoms with van der Waals surface area (Å²) in [6.07, 6.45) is 0. The van der Waals surface area contributed by atoms with Gasteiger partial charge in [-0.3, -0.25) is 4.79 Å². The van der Waals surface area contributed by atoms with Crippen LogP contribution in [0.4, 0.5) is 5.69 Å². The highest BCUT2D eigenvalue weighted by Crippen LogP contribution is 2.36. The van der Waals surface area contributed by atoms with Crippen molar-refractivity contribution in [1.82, 2.24) is 10.6 Å². The lowest BCUT2D eigenvalue weighted by Crippen LogP contribution is -2.46. The number of hydrogen-bond donors (Lipinski definition) is 3. The molecule has 2 aromatic carbocycles. The molecular formula is C18H14Cl3N3OS. The standard InChI is InChI=1S/C18H14Cl3N3OS/c1-9-14(17(25)23-11-5-2-4-10(19)8-11)16(24-18(26)22-9)15-12(20)6-3-7-13(15)21/h2-8,16H,1H3,(H,23,25)(H2,22,24,26)/t16-/m1/s1. The van der Waals surface area contributed by atoms with Crippen LogP contribution in [0.25, 0.3) is 0 Å². The minimum Gasteiger partial charge on any atom is -0.351 e.